The Labute approximate surface area is 125 Å². The molecule has 0 aliphatic rings. The van der Waals surface area contributed by atoms with Crippen LogP contribution in [0.4, 0.5) is 5.82 Å². The number of anilines is 1. The molecular formula is C13H14BrClN2S. The van der Waals surface area contributed by atoms with Crippen LogP contribution in [0.15, 0.2) is 28.9 Å². The number of nitrogens with zero attached hydrogens (tertiary/aromatic N) is 1. The molecule has 0 aliphatic carbocycles. The Morgan fingerprint density at radius 1 is 1.50 bits per heavy atom. The van der Waals surface area contributed by atoms with Gasteiger partial charge in [-0.05, 0) is 48.0 Å². The highest BCUT2D eigenvalue weighted by Gasteiger charge is 2.08. The number of hydrogen-bond donors (Lipinski definition) is 1. The van der Waals surface area contributed by atoms with Crippen LogP contribution in [0.2, 0.25) is 5.02 Å². The van der Waals surface area contributed by atoms with Gasteiger partial charge in [-0.2, -0.15) is 0 Å². The van der Waals surface area contributed by atoms with Gasteiger partial charge in [-0.15, -0.1) is 11.3 Å². The number of thiophene rings is 1. The van der Waals surface area contributed by atoms with Crippen LogP contribution in [0.5, 0.6) is 0 Å². The van der Waals surface area contributed by atoms with Gasteiger partial charge in [0.05, 0.1) is 9.50 Å². The lowest BCUT2D eigenvalue weighted by Gasteiger charge is -2.14. The molecule has 2 rings (SSSR count). The highest BCUT2D eigenvalue weighted by Crippen LogP contribution is 2.24. The second-order valence-corrected chi connectivity index (χ2v) is 6.91. The molecule has 2 heterocycles. The maximum Gasteiger partial charge on any atom is 0.140 e. The lowest BCUT2D eigenvalue weighted by molar-refractivity contribution is 0.793. The lowest BCUT2D eigenvalue weighted by Crippen LogP contribution is -2.18. The molecule has 0 bridgehead atoms. The van der Waals surface area contributed by atoms with Gasteiger partial charge in [0, 0.05) is 28.4 Å². The van der Waals surface area contributed by atoms with Crippen LogP contribution in [0.25, 0.3) is 0 Å². The zero-order chi connectivity index (χ0) is 13.1. The number of aromatic nitrogens is 1. The summed E-state index contributed by atoms with van der Waals surface area (Å²) >= 11 is 11.2. The monoisotopic (exact) mass is 344 g/mol. The summed E-state index contributed by atoms with van der Waals surface area (Å²) in [6.45, 7) is 4.28. The number of halogens is 2. The zero-order valence-corrected chi connectivity index (χ0v) is 13.4. The third-order valence-electron chi connectivity index (χ3n) is 2.49. The fourth-order valence-electron chi connectivity index (χ4n) is 1.70. The van der Waals surface area contributed by atoms with E-state index >= 15 is 0 Å². The van der Waals surface area contributed by atoms with Crippen molar-refractivity contribution in [3.63, 3.8) is 0 Å². The van der Waals surface area contributed by atoms with Crippen molar-refractivity contribution in [2.45, 2.75) is 26.3 Å². The minimum absolute atomic E-state index is 0.327. The molecule has 5 heteroatoms. The summed E-state index contributed by atoms with van der Waals surface area (Å²) in [5.74, 6) is 0.833. The van der Waals surface area contributed by atoms with E-state index in [0.29, 0.717) is 11.1 Å². The van der Waals surface area contributed by atoms with Gasteiger partial charge in [0.15, 0.2) is 0 Å². The van der Waals surface area contributed by atoms with Crippen LogP contribution in [0.3, 0.4) is 0 Å². The normalized spacial score (nSPS) is 12.4. The van der Waals surface area contributed by atoms with Gasteiger partial charge in [0.1, 0.15) is 5.82 Å². The summed E-state index contributed by atoms with van der Waals surface area (Å²) in [5, 5.41) is 4.02. The number of aryl methyl sites for hydroxylation is 1. The van der Waals surface area contributed by atoms with Crippen LogP contribution in [-0.2, 0) is 6.42 Å². The van der Waals surface area contributed by atoms with Crippen molar-refractivity contribution in [1.82, 2.24) is 4.98 Å². The predicted molar refractivity (Wildman–Crippen MR) is 82.8 cm³/mol. The fraction of sp³-hybridized carbons (Fsp3) is 0.308. The average molecular weight is 346 g/mol. The summed E-state index contributed by atoms with van der Waals surface area (Å²) in [7, 11) is 0. The number of hydrogen-bond acceptors (Lipinski definition) is 3. The first-order chi connectivity index (χ1) is 8.54. The van der Waals surface area contributed by atoms with Crippen LogP contribution in [-0.4, -0.2) is 11.0 Å². The van der Waals surface area contributed by atoms with E-state index < -0.39 is 0 Å². The van der Waals surface area contributed by atoms with E-state index in [9.17, 15) is 0 Å². The Balaban J connectivity index is 2.00. The maximum absolute atomic E-state index is 5.87. The predicted octanol–water partition coefficient (Wildman–Crippen LogP) is 4.91. The second kappa shape index (κ2) is 6.04. The lowest BCUT2D eigenvalue weighted by atomic mass is 10.2. The molecule has 0 saturated heterocycles. The zero-order valence-electron chi connectivity index (χ0n) is 10.2. The van der Waals surface area contributed by atoms with Crippen molar-refractivity contribution in [3.05, 3.63) is 43.6 Å². The van der Waals surface area contributed by atoms with Gasteiger partial charge in [0.2, 0.25) is 0 Å². The first-order valence-corrected chi connectivity index (χ1v) is 7.66. The molecule has 96 valence electrons. The molecule has 1 atom stereocenters. The standard InChI is InChI=1S/C13H14BrClN2S/c1-8(5-11-4-3-9(2)18-11)17-13-12(14)6-10(15)7-16-13/h3-4,6-8H,5H2,1-2H3,(H,16,17). The minimum atomic E-state index is 0.327. The summed E-state index contributed by atoms with van der Waals surface area (Å²) in [6.07, 6.45) is 2.64. The topological polar surface area (TPSA) is 24.9 Å². The van der Waals surface area contributed by atoms with E-state index in [2.05, 4.69) is 52.2 Å². The van der Waals surface area contributed by atoms with Gasteiger partial charge >= 0.3 is 0 Å². The average Bonchev–Trinajstić information content (AvgIpc) is 2.68. The molecule has 0 fully saturated rings. The van der Waals surface area contributed by atoms with Crippen LogP contribution >= 0.6 is 38.9 Å². The molecule has 0 radical (unpaired) electrons. The van der Waals surface area contributed by atoms with Crippen molar-refractivity contribution >= 4 is 44.7 Å². The van der Waals surface area contributed by atoms with Crippen LogP contribution < -0.4 is 5.32 Å². The van der Waals surface area contributed by atoms with Gasteiger partial charge in [-0.25, -0.2) is 4.98 Å². The Kier molecular flexibility index (Phi) is 4.65. The van der Waals surface area contributed by atoms with Crippen molar-refractivity contribution in [1.29, 1.82) is 0 Å². The van der Waals surface area contributed by atoms with E-state index in [-0.39, 0.29) is 0 Å². The van der Waals surface area contributed by atoms with E-state index in [4.69, 9.17) is 11.6 Å². The van der Waals surface area contributed by atoms with Crippen LogP contribution in [0, 0.1) is 6.92 Å². The second-order valence-electron chi connectivity index (χ2n) is 4.25. The van der Waals surface area contributed by atoms with E-state index in [1.807, 2.05) is 17.4 Å². The summed E-state index contributed by atoms with van der Waals surface area (Å²) < 4.78 is 0.893. The molecule has 0 saturated carbocycles. The number of nitrogens with one attached hydrogen (secondary N) is 1. The molecular weight excluding hydrogens is 332 g/mol. The number of rotatable bonds is 4. The maximum atomic E-state index is 5.87. The van der Waals surface area contributed by atoms with E-state index in [1.54, 1.807) is 6.20 Å². The van der Waals surface area contributed by atoms with Gasteiger partial charge in [-0.3, -0.25) is 0 Å². The Hall–Kier alpha value is -0.580. The number of pyridine rings is 1. The largest absolute Gasteiger partial charge is 0.366 e. The van der Waals surface area contributed by atoms with Crippen LogP contribution in [0.1, 0.15) is 16.7 Å². The molecule has 2 nitrogen and oxygen atoms in total. The van der Waals surface area contributed by atoms with Crippen molar-refractivity contribution in [2.24, 2.45) is 0 Å². The minimum Gasteiger partial charge on any atom is -0.366 e. The van der Waals surface area contributed by atoms with Gasteiger partial charge in [-0.1, -0.05) is 11.6 Å². The summed E-state index contributed by atoms with van der Waals surface area (Å²) in [5.41, 5.74) is 0. The molecule has 2 aromatic heterocycles. The van der Waals surface area contributed by atoms with Crippen molar-refractivity contribution in [3.8, 4) is 0 Å². The Bertz CT molecular complexity index is 542. The Morgan fingerprint density at radius 3 is 2.89 bits per heavy atom. The van der Waals surface area contributed by atoms with Crippen molar-refractivity contribution in [2.75, 3.05) is 5.32 Å². The summed E-state index contributed by atoms with van der Waals surface area (Å²) in [6, 6.07) is 6.51. The molecule has 0 spiro atoms. The molecule has 1 N–H and O–H groups in total. The molecule has 2 aromatic rings. The highest BCUT2D eigenvalue weighted by atomic mass is 79.9. The smallest absolute Gasteiger partial charge is 0.140 e. The molecule has 1 unspecified atom stereocenters. The third-order valence-corrected chi connectivity index (χ3v) is 4.33. The fourth-order valence-corrected chi connectivity index (χ4v) is 3.47. The highest BCUT2D eigenvalue weighted by molar-refractivity contribution is 9.10. The molecule has 18 heavy (non-hydrogen) atoms. The quantitative estimate of drug-likeness (QED) is 0.851. The van der Waals surface area contributed by atoms with Crippen molar-refractivity contribution < 1.29 is 0 Å². The molecule has 0 aliphatic heterocycles. The molecule has 0 amide bonds. The SMILES string of the molecule is Cc1ccc(CC(C)Nc2ncc(Cl)cc2Br)s1. The van der Waals surface area contributed by atoms with Gasteiger partial charge < -0.3 is 5.32 Å². The third kappa shape index (κ3) is 3.70. The first kappa shape index (κ1) is 13.8. The van der Waals surface area contributed by atoms with Gasteiger partial charge in [0.25, 0.3) is 0 Å². The first-order valence-electron chi connectivity index (χ1n) is 5.67. The summed E-state index contributed by atoms with van der Waals surface area (Å²) in [4.78, 5) is 7.01. The van der Waals surface area contributed by atoms with E-state index in [0.717, 1.165) is 16.7 Å². The molecule has 0 aromatic carbocycles. The van der Waals surface area contributed by atoms with E-state index in [1.165, 1.54) is 9.75 Å². The Morgan fingerprint density at radius 2 is 2.28 bits per heavy atom.